The molecule has 9 heteroatoms. The smallest absolute Gasteiger partial charge is 0.300 e. The molecule has 1 unspecified atom stereocenters. The SMILES string of the molecule is COc1ccc(C2/C(=C(\O)c3ccc(OC)cc3OC)C(=O)C(=O)N2c2ccc3c(c2)OCCO3)cc1. The molecule has 1 N–H and O–H groups in total. The Balaban J connectivity index is 1.70. The lowest BCUT2D eigenvalue weighted by molar-refractivity contribution is -0.132. The minimum atomic E-state index is -0.930. The van der Waals surface area contributed by atoms with Crippen molar-refractivity contribution < 1.29 is 38.4 Å². The normalized spacial score (nSPS) is 18.0. The van der Waals surface area contributed by atoms with Crippen molar-refractivity contribution in [2.75, 3.05) is 39.4 Å². The summed E-state index contributed by atoms with van der Waals surface area (Å²) in [5.41, 5.74) is 1.20. The van der Waals surface area contributed by atoms with Crippen LogP contribution in [-0.4, -0.2) is 51.3 Å². The van der Waals surface area contributed by atoms with Gasteiger partial charge in [-0.1, -0.05) is 12.1 Å². The highest BCUT2D eigenvalue weighted by atomic mass is 16.6. The van der Waals surface area contributed by atoms with E-state index in [9.17, 15) is 14.7 Å². The zero-order chi connectivity index (χ0) is 26.1. The summed E-state index contributed by atoms with van der Waals surface area (Å²) in [6.45, 7) is 0.793. The fraction of sp³-hybridized carbons (Fsp3) is 0.214. The molecule has 2 aliphatic heterocycles. The highest BCUT2D eigenvalue weighted by Gasteiger charge is 2.47. The zero-order valence-corrected chi connectivity index (χ0v) is 20.5. The lowest BCUT2D eigenvalue weighted by atomic mass is 9.94. The number of carbonyl (C=O) groups is 2. The zero-order valence-electron chi connectivity index (χ0n) is 20.5. The topological polar surface area (TPSA) is 104 Å². The molecule has 190 valence electrons. The molecule has 2 aliphatic rings. The second-order valence-electron chi connectivity index (χ2n) is 8.34. The van der Waals surface area contributed by atoms with E-state index in [2.05, 4.69) is 0 Å². The molecule has 0 saturated carbocycles. The predicted octanol–water partition coefficient (Wildman–Crippen LogP) is 4.11. The van der Waals surface area contributed by atoms with E-state index >= 15 is 0 Å². The van der Waals surface area contributed by atoms with Crippen molar-refractivity contribution >= 4 is 23.1 Å². The summed E-state index contributed by atoms with van der Waals surface area (Å²) < 4.78 is 27.3. The Morgan fingerprint density at radius 1 is 0.838 bits per heavy atom. The number of benzene rings is 3. The van der Waals surface area contributed by atoms with Gasteiger partial charge >= 0.3 is 0 Å². The van der Waals surface area contributed by atoms with Gasteiger partial charge in [0.2, 0.25) is 0 Å². The van der Waals surface area contributed by atoms with E-state index in [1.54, 1.807) is 67.8 Å². The summed E-state index contributed by atoms with van der Waals surface area (Å²) in [6.07, 6.45) is 0. The first-order valence-electron chi connectivity index (χ1n) is 11.5. The molecule has 1 amide bonds. The molecule has 5 rings (SSSR count). The van der Waals surface area contributed by atoms with Gasteiger partial charge in [0.15, 0.2) is 11.5 Å². The summed E-state index contributed by atoms with van der Waals surface area (Å²) in [7, 11) is 4.50. The van der Waals surface area contributed by atoms with Gasteiger partial charge in [-0.25, -0.2) is 0 Å². The van der Waals surface area contributed by atoms with Crippen LogP contribution < -0.4 is 28.6 Å². The van der Waals surface area contributed by atoms with Crippen molar-refractivity contribution in [2.24, 2.45) is 0 Å². The van der Waals surface area contributed by atoms with Crippen molar-refractivity contribution in [3.05, 3.63) is 77.4 Å². The van der Waals surface area contributed by atoms with Crippen LogP contribution in [0.15, 0.2) is 66.2 Å². The van der Waals surface area contributed by atoms with Crippen LogP contribution in [0.3, 0.4) is 0 Å². The number of ether oxygens (including phenoxy) is 5. The fourth-order valence-corrected chi connectivity index (χ4v) is 4.52. The number of methoxy groups -OCH3 is 3. The second-order valence-corrected chi connectivity index (χ2v) is 8.34. The van der Waals surface area contributed by atoms with E-state index < -0.39 is 17.7 Å². The van der Waals surface area contributed by atoms with E-state index in [1.165, 1.54) is 19.1 Å². The van der Waals surface area contributed by atoms with Gasteiger partial charge in [0, 0.05) is 17.8 Å². The number of rotatable bonds is 6. The van der Waals surface area contributed by atoms with Gasteiger partial charge in [-0.3, -0.25) is 14.5 Å². The molecular formula is C28H25NO8. The van der Waals surface area contributed by atoms with E-state index in [0.29, 0.717) is 47.5 Å². The molecule has 1 saturated heterocycles. The third-order valence-corrected chi connectivity index (χ3v) is 6.34. The maximum absolute atomic E-state index is 13.5. The fourth-order valence-electron chi connectivity index (χ4n) is 4.52. The number of carbonyl (C=O) groups excluding carboxylic acids is 2. The first-order chi connectivity index (χ1) is 18.0. The minimum Gasteiger partial charge on any atom is -0.507 e. The maximum Gasteiger partial charge on any atom is 0.300 e. The molecule has 37 heavy (non-hydrogen) atoms. The number of anilines is 1. The van der Waals surface area contributed by atoms with Crippen LogP contribution in [-0.2, 0) is 9.59 Å². The molecule has 9 nitrogen and oxygen atoms in total. The second kappa shape index (κ2) is 9.77. The van der Waals surface area contributed by atoms with Crippen LogP contribution in [0.25, 0.3) is 5.76 Å². The number of aliphatic hydroxyl groups is 1. The van der Waals surface area contributed by atoms with Crippen LogP contribution in [0.2, 0.25) is 0 Å². The molecular weight excluding hydrogens is 478 g/mol. The molecule has 0 aromatic heterocycles. The van der Waals surface area contributed by atoms with E-state index in [0.717, 1.165) is 0 Å². The van der Waals surface area contributed by atoms with E-state index in [4.69, 9.17) is 23.7 Å². The number of Topliss-reactive ketones (excluding diaryl/α,β-unsaturated/α-hetero) is 1. The standard InChI is InChI=1S/C28H25NO8/c1-33-18-7-4-16(5-8-18)25-24(26(30)20-10-9-19(34-2)15-22(20)35-3)27(31)28(32)29(25)17-6-11-21-23(14-17)37-13-12-36-21/h4-11,14-15,25,30H,12-13H2,1-3H3/b26-24+. The number of amides is 1. The average molecular weight is 504 g/mol. The molecule has 3 aromatic carbocycles. The number of fused-ring (bicyclic) bond motifs is 1. The molecule has 1 fully saturated rings. The molecule has 2 heterocycles. The van der Waals surface area contributed by atoms with Crippen LogP contribution in [0.5, 0.6) is 28.7 Å². The first-order valence-corrected chi connectivity index (χ1v) is 11.5. The van der Waals surface area contributed by atoms with Crippen molar-refractivity contribution in [1.29, 1.82) is 0 Å². The highest BCUT2D eigenvalue weighted by Crippen LogP contribution is 2.45. The monoisotopic (exact) mass is 503 g/mol. The lowest BCUT2D eigenvalue weighted by Crippen LogP contribution is -2.29. The Bertz CT molecular complexity index is 1400. The molecule has 1 atom stereocenters. The van der Waals surface area contributed by atoms with Crippen molar-refractivity contribution in [2.45, 2.75) is 6.04 Å². The molecule has 0 radical (unpaired) electrons. The maximum atomic E-state index is 13.5. The predicted molar refractivity (Wildman–Crippen MR) is 135 cm³/mol. The summed E-state index contributed by atoms with van der Waals surface area (Å²) >= 11 is 0. The van der Waals surface area contributed by atoms with Crippen LogP contribution in [0.4, 0.5) is 5.69 Å². The van der Waals surface area contributed by atoms with Crippen LogP contribution in [0.1, 0.15) is 17.2 Å². The van der Waals surface area contributed by atoms with Crippen molar-refractivity contribution in [3.63, 3.8) is 0 Å². The van der Waals surface area contributed by atoms with Gasteiger partial charge in [0.25, 0.3) is 11.7 Å². The number of hydrogen-bond acceptors (Lipinski definition) is 8. The third kappa shape index (κ3) is 4.18. The van der Waals surface area contributed by atoms with E-state index in [1.807, 2.05) is 0 Å². The lowest BCUT2D eigenvalue weighted by Gasteiger charge is -2.27. The van der Waals surface area contributed by atoms with Gasteiger partial charge in [0.05, 0.1) is 38.5 Å². The number of aliphatic hydroxyl groups excluding tert-OH is 1. The summed E-state index contributed by atoms with van der Waals surface area (Å²) in [5, 5.41) is 11.5. The van der Waals surface area contributed by atoms with Gasteiger partial charge in [0.1, 0.15) is 36.2 Å². The quantitative estimate of drug-likeness (QED) is 0.305. The number of hydrogen-bond donors (Lipinski definition) is 1. The van der Waals surface area contributed by atoms with Gasteiger partial charge < -0.3 is 28.8 Å². The number of nitrogens with zero attached hydrogens (tertiary/aromatic N) is 1. The summed E-state index contributed by atoms with van der Waals surface area (Å²) in [5.74, 6) is 0.451. The van der Waals surface area contributed by atoms with E-state index in [-0.39, 0.29) is 22.6 Å². The molecule has 3 aromatic rings. The minimum absolute atomic E-state index is 0.0754. The van der Waals surface area contributed by atoms with Gasteiger partial charge in [-0.15, -0.1) is 0 Å². The Labute approximate surface area is 213 Å². The molecule has 0 spiro atoms. The van der Waals surface area contributed by atoms with Crippen LogP contribution in [0, 0.1) is 0 Å². The average Bonchev–Trinajstić information content (AvgIpc) is 3.21. The van der Waals surface area contributed by atoms with Gasteiger partial charge in [-0.05, 0) is 42.0 Å². The third-order valence-electron chi connectivity index (χ3n) is 6.34. The first kappa shape index (κ1) is 24.1. The molecule has 0 bridgehead atoms. The van der Waals surface area contributed by atoms with Crippen molar-refractivity contribution in [1.82, 2.24) is 0 Å². The Kier molecular flexibility index (Phi) is 6.35. The Morgan fingerprint density at radius 3 is 2.19 bits per heavy atom. The summed E-state index contributed by atoms with van der Waals surface area (Å²) in [6, 6.07) is 15.9. The molecule has 0 aliphatic carbocycles. The van der Waals surface area contributed by atoms with Crippen molar-refractivity contribution in [3.8, 4) is 28.7 Å². The Morgan fingerprint density at radius 2 is 1.51 bits per heavy atom. The highest BCUT2D eigenvalue weighted by molar-refractivity contribution is 6.51. The largest absolute Gasteiger partial charge is 0.507 e. The summed E-state index contributed by atoms with van der Waals surface area (Å²) in [4.78, 5) is 28.3. The van der Waals surface area contributed by atoms with Crippen LogP contribution >= 0.6 is 0 Å². The van der Waals surface area contributed by atoms with Gasteiger partial charge in [-0.2, -0.15) is 0 Å². The number of ketones is 1. The Hall–Kier alpha value is -4.66.